The molecule has 1 saturated carbocycles. The van der Waals surface area contributed by atoms with Gasteiger partial charge in [-0.25, -0.2) is 0 Å². The molecule has 0 bridgehead atoms. The summed E-state index contributed by atoms with van der Waals surface area (Å²) >= 11 is 7.23. The SMILES string of the molecule is Cc1ccc(S(=O)C(Cl)(CCCCc2ccccc2)C2(O)CCC3(CC2)OCCO3)cc1. The molecule has 2 aliphatic rings. The molecule has 1 aliphatic heterocycles. The molecule has 0 radical (unpaired) electrons. The van der Waals surface area contributed by atoms with Crippen LogP contribution in [0, 0.1) is 6.92 Å². The molecule has 4 rings (SSSR count). The van der Waals surface area contributed by atoms with Crippen molar-refractivity contribution in [3.8, 4) is 0 Å². The third kappa shape index (κ3) is 4.97. The van der Waals surface area contributed by atoms with Gasteiger partial charge in [-0.3, -0.25) is 4.21 Å². The smallest absolute Gasteiger partial charge is 0.168 e. The predicted molar refractivity (Wildman–Crippen MR) is 128 cm³/mol. The molecule has 0 aromatic heterocycles. The van der Waals surface area contributed by atoms with E-state index in [0.29, 0.717) is 50.2 Å². The summed E-state index contributed by atoms with van der Waals surface area (Å²) in [5.74, 6) is -0.608. The van der Waals surface area contributed by atoms with E-state index in [4.69, 9.17) is 21.1 Å². The minimum Gasteiger partial charge on any atom is -0.387 e. The van der Waals surface area contributed by atoms with Crippen molar-refractivity contribution in [2.24, 2.45) is 0 Å². The predicted octanol–water partition coefficient (Wildman–Crippen LogP) is 5.50. The highest BCUT2D eigenvalue weighted by molar-refractivity contribution is 7.88. The minimum absolute atomic E-state index is 0.410. The Morgan fingerprint density at radius 1 is 0.969 bits per heavy atom. The molecule has 1 N–H and O–H groups in total. The second-order valence-electron chi connectivity index (χ2n) is 9.14. The summed E-state index contributed by atoms with van der Waals surface area (Å²) in [4.78, 5) is 0.663. The number of benzene rings is 2. The van der Waals surface area contributed by atoms with E-state index in [1.807, 2.05) is 49.4 Å². The average molecular weight is 477 g/mol. The molecule has 1 aliphatic carbocycles. The molecule has 1 heterocycles. The Hall–Kier alpha value is -1.24. The molecule has 1 spiro atoms. The number of rotatable bonds is 8. The van der Waals surface area contributed by atoms with Crippen LogP contribution < -0.4 is 0 Å². The van der Waals surface area contributed by atoms with Crippen LogP contribution in [-0.4, -0.2) is 38.1 Å². The number of hydrogen-bond donors (Lipinski definition) is 1. The fraction of sp³-hybridized carbons (Fsp3) is 0.538. The first-order chi connectivity index (χ1) is 15.4. The molecule has 1 saturated heterocycles. The van der Waals surface area contributed by atoms with Gasteiger partial charge in [-0.1, -0.05) is 54.4 Å². The molecule has 4 nitrogen and oxygen atoms in total. The highest BCUT2D eigenvalue weighted by atomic mass is 35.5. The normalized spacial score (nSPS) is 22.5. The largest absolute Gasteiger partial charge is 0.387 e. The van der Waals surface area contributed by atoms with Gasteiger partial charge in [-0.05, 0) is 56.7 Å². The van der Waals surface area contributed by atoms with E-state index in [-0.39, 0.29) is 0 Å². The average Bonchev–Trinajstić information content (AvgIpc) is 3.28. The highest BCUT2D eigenvalue weighted by Crippen LogP contribution is 2.51. The lowest BCUT2D eigenvalue weighted by Gasteiger charge is -2.48. The summed E-state index contributed by atoms with van der Waals surface area (Å²) in [5.41, 5.74) is 1.13. The Kier molecular flexibility index (Phi) is 7.43. The maximum Gasteiger partial charge on any atom is 0.168 e. The standard InChI is InChI=1S/C26H33ClO4S/c1-21-10-12-23(13-11-21)32(29)26(27,14-6-5-9-22-7-3-2-4-8-22)24(28)15-17-25(18-16-24)30-19-20-31-25/h2-4,7-8,10-13,28H,5-6,9,14-20H2,1H3. The monoisotopic (exact) mass is 476 g/mol. The third-order valence-corrected chi connectivity index (χ3v) is 9.77. The maximum absolute atomic E-state index is 13.8. The van der Waals surface area contributed by atoms with Crippen molar-refractivity contribution in [3.63, 3.8) is 0 Å². The van der Waals surface area contributed by atoms with Crippen molar-refractivity contribution >= 4 is 22.4 Å². The fourth-order valence-electron chi connectivity index (χ4n) is 4.88. The Morgan fingerprint density at radius 3 is 2.22 bits per heavy atom. The molecule has 174 valence electrons. The van der Waals surface area contributed by atoms with E-state index < -0.39 is 26.4 Å². The maximum atomic E-state index is 13.8. The number of alkyl halides is 1. The van der Waals surface area contributed by atoms with Gasteiger partial charge in [0.1, 0.15) is 0 Å². The van der Waals surface area contributed by atoms with Crippen molar-refractivity contribution < 1.29 is 18.8 Å². The van der Waals surface area contributed by atoms with Gasteiger partial charge in [0.15, 0.2) is 9.99 Å². The van der Waals surface area contributed by atoms with Crippen LogP contribution >= 0.6 is 11.6 Å². The first-order valence-corrected chi connectivity index (χ1v) is 13.1. The third-order valence-electron chi connectivity index (χ3n) is 6.93. The molecule has 2 fully saturated rings. The molecule has 2 atom stereocenters. The van der Waals surface area contributed by atoms with Crippen LogP contribution in [0.1, 0.15) is 56.1 Å². The van der Waals surface area contributed by atoms with Gasteiger partial charge in [0.2, 0.25) is 0 Å². The van der Waals surface area contributed by atoms with Crippen molar-refractivity contribution in [2.75, 3.05) is 13.2 Å². The quantitative estimate of drug-likeness (QED) is 0.403. The zero-order valence-corrected chi connectivity index (χ0v) is 20.3. The van der Waals surface area contributed by atoms with E-state index in [1.54, 1.807) is 0 Å². The van der Waals surface area contributed by atoms with E-state index in [0.717, 1.165) is 24.8 Å². The number of aliphatic hydroxyl groups is 1. The number of unbranched alkanes of at least 4 members (excludes halogenated alkanes) is 1. The van der Waals surface area contributed by atoms with Gasteiger partial charge in [-0.2, -0.15) is 0 Å². The number of ether oxygens (including phenoxy) is 2. The summed E-state index contributed by atoms with van der Waals surface area (Å²) in [5, 5.41) is 11.8. The van der Waals surface area contributed by atoms with Crippen LogP contribution in [0.2, 0.25) is 0 Å². The molecular formula is C26H33ClO4S. The van der Waals surface area contributed by atoms with Crippen molar-refractivity contribution in [2.45, 2.75) is 78.8 Å². The van der Waals surface area contributed by atoms with Gasteiger partial charge in [0.25, 0.3) is 0 Å². The Balaban J connectivity index is 1.51. The minimum atomic E-state index is -1.56. The Morgan fingerprint density at radius 2 is 1.59 bits per heavy atom. The molecule has 2 aromatic carbocycles. The summed E-state index contributed by atoms with van der Waals surface area (Å²) in [6.07, 6.45) is 5.08. The lowest BCUT2D eigenvalue weighted by Crippen LogP contribution is -2.57. The fourth-order valence-corrected chi connectivity index (χ4v) is 7.10. The number of aryl methyl sites for hydroxylation is 2. The molecule has 2 unspecified atom stereocenters. The van der Waals surface area contributed by atoms with Gasteiger partial charge < -0.3 is 14.6 Å². The molecular weight excluding hydrogens is 444 g/mol. The van der Waals surface area contributed by atoms with E-state index in [9.17, 15) is 9.32 Å². The van der Waals surface area contributed by atoms with Crippen LogP contribution in [0.5, 0.6) is 0 Å². The zero-order valence-electron chi connectivity index (χ0n) is 18.7. The number of halogens is 1. The van der Waals surface area contributed by atoms with Crippen molar-refractivity contribution in [1.29, 1.82) is 0 Å². The summed E-state index contributed by atoms with van der Waals surface area (Å²) in [6, 6.07) is 18.0. The zero-order chi connectivity index (χ0) is 22.7. The van der Waals surface area contributed by atoms with Crippen LogP contribution in [0.25, 0.3) is 0 Å². The van der Waals surface area contributed by atoms with Crippen molar-refractivity contribution in [3.05, 3.63) is 65.7 Å². The van der Waals surface area contributed by atoms with Gasteiger partial charge in [0, 0.05) is 17.7 Å². The van der Waals surface area contributed by atoms with Crippen molar-refractivity contribution in [1.82, 2.24) is 0 Å². The molecule has 2 aromatic rings. The summed E-state index contributed by atoms with van der Waals surface area (Å²) in [6.45, 7) is 3.17. The summed E-state index contributed by atoms with van der Waals surface area (Å²) < 4.78 is 24.2. The van der Waals surface area contributed by atoms with Gasteiger partial charge in [0.05, 0.1) is 29.6 Å². The van der Waals surface area contributed by atoms with Crippen LogP contribution in [0.3, 0.4) is 0 Å². The van der Waals surface area contributed by atoms with Crippen LogP contribution in [0.4, 0.5) is 0 Å². The second kappa shape index (κ2) is 9.94. The topological polar surface area (TPSA) is 55.8 Å². The Bertz CT molecular complexity index is 901. The Labute approximate surface area is 198 Å². The van der Waals surface area contributed by atoms with Crippen LogP contribution in [0.15, 0.2) is 59.5 Å². The lowest BCUT2D eigenvalue weighted by atomic mass is 9.77. The molecule has 6 heteroatoms. The molecule has 0 amide bonds. The second-order valence-corrected chi connectivity index (χ2v) is 11.7. The van der Waals surface area contributed by atoms with E-state index in [1.165, 1.54) is 5.56 Å². The first-order valence-electron chi connectivity index (χ1n) is 11.6. The van der Waals surface area contributed by atoms with Crippen LogP contribution in [-0.2, 0) is 26.7 Å². The first kappa shape index (κ1) is 23.9. The summed E-state index contributed by atoms with van der Waals surface area (Å²) in [7, 11) is -1.56. The van der Waals surface area contributed by atoms with Gasteiger partial charge in [-0.15, -0.1) is 11.6 Å². The van der Waals surface area contributed by atoms with Gasteiger partial charge >= 0.3 is 0 Å². The van der Waals surface area contributed by atoms with E-state index in [2.05, 4.69) is 12.1 Å². The molecule has 32 heavy (non-hydrogen) atoms. The number of hydrogen-bond acceptors (Lipinski definition) is 4. The highest BCUT2D eigenvalue weighted by Gasteiger charge is 2.58. The lowest BCUT2D eigenvalue weighted by molar-refractivity contribution is -0.204. The van der Waals surface area contributed by atoms with E-state index >= 15 is 0 Å².